The molecule has 2 aliphatic carbocycles. The number of rotatable bonds is 4. The molecule has 0 bridgehead atoms. The average Bonchev–Trinajstić information content (AvgIpc) is 2.91. The Morgan fingerprint density at radius 1 is 1.10 bits per heavy atom. The fourth-order valence-corrected chi connectivity index (χ4v) is 6.13. The normalized spacial score (nSPS) is 31.2. The van der Waals surface area contributed by atoms with Crippen LogP contribution < -0.4 is 5.73 Å². The first-order chi connectivity index (χ1) is 18.9. The van der Waals surface area contributed by atoms with Crippen LogP contribution in [0.25, 0.3) is 0 Å². The first kappa shape index (κ1) is 28.0. The van der Waals surface area contributed by atoms with Crippen LogP contribution in [0.15, 0.2) is 18.2 Å². The van der Waals surface area contributed by atoms with E-state index in [4.69, 9.17) is 19.9 Å². The number of esters is 1. The summed E-state index contributed by atoms with van der Waals surface area (Å²) in [6.45, 7) is 3.20. The molecule has 1 heterocycles. The van der Waals surface area contributed by atoms with Crippen LogP contribution in [0.5, 0.6) is 17.2 Å². The number of hydrogen-bond acceptors (Lipinski definition) is 12. The third-order valence-electron chi connectivity index (χ3n) is 8.29. The minimum atomic E-state index is -1.87. The summed E-state index contributed by atoms with van der Waals surface area (Å²) in [6, 6.07) is 3.14. The van der Waals surface area contributed by atoms with Crippen LogP contribution in [0.1, 0.15) is 88.1 Å². The van der Waals surface area contributed by atoms with Gasteiger partial charge in [0.2, 0.25) is 5.78 Å². The summed E-state index contributed by atoms with van der Waals surface area (Å²) in [5.74, 6) is -6.33. The van der Waals surface area contributed by atoms with Gasteiger partial charge in [-0.2, -0.15) is 0 Å². The fourth-order valence-electron chi connectivity index (χ4n) is 6.13. The van der Waals surface area contributed by atoms with Gasteiger partial charge in [-0.25, -0.2) is 0 Å². The van der Waals surface area contributed by atoms with Gasteiger partial charge in [0.1, 0.15) is 23.2 Å². The van der Waals surface area contributed by atoms with E-state index in [9.17, 15) is 39.9 Å². The molecule has 3 aliphatic rings. The Kier molecular flexibility index (Phi) is 6.87. The molecule has 1 unspecified atom stereocenters. The number of carbonyl (C=O) groups excluding carboxylic acids is 3. The lowest BCUT2D eigenvalue weighted by Gasteiger charge is -2.45. The van der Waals surface area contributed by atoms with Gasteiger partial charge in [0, 0.05) is 35.6 Å². The van der Waals surface area contributed by atoms with Gasteiger partial charge in [-0.05, 0) is 19.4 Å². The van der Waals surface area contributed by atoms with Crippen molar-refractivity contribution in [1.82, 2.24) is 0 Å². The third kappa shape index (κ3) is 3.98. The van der Waals surface area contributed by atoms with Gasteiger partial charge in [-0.3, -0.25) is 14.4 Å². The third-order valence-corrected chi connectivity index (χ3v) is 8.29. The van der Waals surface area contributed by atoms with Crippen LogP contribution in [0.2, 0.25) is 0 Å². The number of hydrogen-bond donors (Lipinski definition) is 6. The van der Waals surface area contributed by atoms with Crippen molar-refractivity contribution < 1.29 is 54.1 Å². The summed E-state index contributed by atoms with van der Waals surface area (Å²) in [6.07, 6.45) is -4.24. The number of methoxy groups -OCH3 is 1. The van der Waals surface area contributed by atoms with E-state index < -0.39 is 88.1 Å². The van der Waals surface area contributed by atoms with Crippen LogP contribution in [-0.4, -0.2) is 80.3 Å². The van der Waals surface area contributed by atoms with E-state index in [0.717, 1.165) is 7.11 Å². The molecule has 1 saturated heterocycles. The highest BCUT2D eigenvalue weighted by molar-refractivity contribution is 6.31. The smallest absolute Gasteiger partial charge is 0.316 e. The van der Waals surface area contributed by atoms with E-state index in [1.807, 2.05) is 0 Å². The first-order valence-corrected chi connectivity index (χ1v) is 12.9. The number of phenols is 3. The van der Waals surface area contributed by atoms with Gasteiger partial charge in [-0.15, -0.1) is 0 Å². The predicted octanol–water partition coefficient (Wildman–Crippen LogP) is 1.26. The molecule has 12 heteroatoms. The Hall–Kier alpha value is -3.55. The molecule has 5 rings (SSSR count). The molecule has 0 amide bonds. The van der Waals surface area contributed by atoms with Crippen LogP contribution in [0.3, 0.4) is 0 Å². The second-order valence-corrected chi connectivity index (χ2v) is 10.5. The Morgan fingerprint density at radius 3 is 2.38 bits per heavy atom. The van der Waals surface area contributed by atoms with Gasteiger partial charge < -0.3 is 45.5 Å². The summed E-state index contributed by atoms with van der Waals surface area (Å²) in [7, 11) is 1.09. The lowest BCUT2D eigenvalue weighted by atomic mass is 9.66. The van der Waals surface area contributed by atoms with Gasteiger partial charge in [-0.1, -0.05) is 19.1 Å². The van der Waals surface area contributed by atoms with E-state index in [2.05, 4.69) is 0 Å². The zero-order chi connectivity index (χ0) is 29.3. The van der Waals surface area contributed by atoms with Crippen molar-refractivity contribution in [2.75, 3.05) is 7.11 Å². The Balaban J connectivity index is 1.76. The lowest BCUT2D eigenvalue weighted by Crippen LogP contribution is -2.52. The second kappa shape index (κ2) is 9.82. The molecule has 0 radical (unpaired) electrons. The highest BCUT2D eigenvalue weighted by Crippen LogP contribution is 2.57. The maximum absolute atomic E-state index is 13.6. The van der Waals surface area contributed by atoms with Gasteiger partial charge in [0.25, 0.3) is 0 Å². The molecule has 1 fully saturated rings. The van der Waals surface area contributed by atoms with Crippen LogP contribution in [-0.2, 0) is 19.0 Å². The van der Waals surface area contributed by atoms with Crippen molar-refractivity contribution >= 4 is 17.5 Å². The SMILES string of the molecule is CC[C@@]1(O)CC(O[C@H]2C[C@@H](N)[C@H](O)[C@H](C)O2)c2c(O)c3c(c(O)c2[C@H]1C(=O)OC)C(=O)c1cccc(O)c1C3=O. The van der Waals surface area contributed by atoms with Gasteiger partial charge >= 0.3 is 5.97 Å². The highest BCUT2D eigenvalue weighted by atomic mass is 16.7. The summed E-state index contributed by atoms with van der Waals surface area (Å²) >= 11 is 0. The molecule has 0 spiro atoms. The maximum atomic E-state index is 13.6. The Morgan fingerprint density at radius 2 is 1.75 bits per heavy atom. The number of aliphatic hydroxyl groups excluding tert-OH is 1. The number of phenolic OH excluding ortho intramolecular Hbond substituents is 3. The van der Waals surface area contributed by atoms with Crippen molar-refractivity contribution in [2.24, 2.45) is 5.73 Å². The van der Waals surface area contributed by atoms with Crippen molar-refractivity contribution in [2.45, 2.75) is 75.3 Å². The van der Waals surface area contributed by atoms with E-state index >= 15 is 0 Å². The number of aromatic hydroxyl groups is 3. The largest absolute Gasteiger partial charge is 0.507 e. The summed E-state index contributed by atoms with van der Waals surface area (Å²) in [5, 5.41) is 55.4. The molecule has 7 N–H and O–H groups in total. The quantitative estimate of drug-likeness (QED) is 0.198. The summed E-state index contributed by atoms with van der Waals surface area (Å²) in [5.41, 5.74) is 1.96. The monoisotopic (exact) mass is 557 g/mol. The van der Waals surface area contributed by atoms with Gasteiger partial charge in [0.05, 0.1) is 47.7 Å². The number of benzene rings is 2. The van der Waals surface area contributed by atoms with E-state index in [0.29, 0.717) is 0 Å². The molecule has 12 nitrogen and oxygen atoms in total. The number of ketones is 2. The zero-order valence-electron chi connectivity index (χ0n) is 22.1. The minimum absolute atomic E-state index is 0.0207. The second-order valence-electron chi connectivity index (χ2n) is 10.5. The number of nitrogens with two attached hydrogens (primary N) is 1. The molecular formula is C28H31NO11. The first-order valence-electron chi connectivity index (χ1n) is 12.9. The molecule has 2 aromatic carbocycles. The van der Waals surface area contributed by atoms with Crippen molar-refractivity contribution in [3.63, 3.8) is 0 Å². The number of ether oxygens (including phenoxy) is 3. The molecule has 1 aliphatic heterocycles. The minimum Gasteiger partial charge on any atom is -0.507 e. The van der Waals surface area contributed by atoms with Crippen molar-refractivity contribution in [3.8, 4) is 17.2 Å². The molecule has 0 aromatic heterocycles. The highest BCUT2D eigenvalue weighted by Gasteiger charge is 2.54. The van der Waals surface area contributed by atoms with E-state index in [-0.39, 0.29) is 41.5 Å². The van der Waals surface area contributed by atoms with Gasteiger partial charge in [0.15, 0.2) is 12.1 Å². The molecule has 40 heavy (non-hydrogen) atoms. The molecule has 2 aromatic rings. The van der Waals surface area contributed by atoms with Crippen LogP contribution in [0.4, 0.5) is 0 Å². The van der Waals surface area contributed by atoms with E-state index in [1.54, 1.807) is 13.8 Å². The number of aliphatic hydroxyl groups is 2. The predicted molar refractivity (Wildman–Crippen MR) is 136 cm³/mol. The van der Waals surface area contributed by atoms with E-state index in [1.165, 1.54) is 18.2 Å². The van der Waals surface area contributed by atoms with Crippen LogP contribution >= 0.6 is 0 Å². The topological polar surface area (TPSA) is 206 Å². The van der Waals surface area contributed by atoms with Crippen molar-refractivity contribution in [1.29, 1.82) is 0 Å². The Labute approximate surface area is 228 Å². The zero-order valence-corrected chi connectivity index (χ0v) is 22.1. The number of carbonyl (C=O) groups is 3. The summed E-state index contributed by atoms with van der Waals surface area (Å²) in [4.78, 5) is 40.2. The summed E-state index contributed by atoms with van der Waals surface area (Å²) < 4.78 is 16.8. The lowest BCUT2D eigenvalue weighted by molar-refractivity contribution is -0.249. The average molecular weight is 558 g/mol. The Bertz CT molecular complexity index is 1410. The fraction of sp³-hybridized carbons (Fsp3) is 0.464. The van der Waals surface area contributed by atoms with Crippen molar-refractivity contribution in [3.05, 3.63) is 51.6 Å². The molecule has 214 valence electrons. The molecule has 0 saturated carbocycles. The number of fused-ring (bicyclic) bond motifs is 3. The molecule has 7 atom stereocenters. The maximum Gasteiger partial charge on any atom is 0.316 e. The standard InChI is InChI=1S/C28H31NO11/c1-4-28(37)9-14(40-15-8-12(29)22(31)10(2)39-15)17-18(21(28)27(36)38-3)26(35)19-20(25(17)34)24(33)16-11(23(19)32)6-5-7-13(16)30/h5-7,10,12,14-15,21-22,30-31,34-35,37H,4,8-9,29H2,1-3H3/t10-,12+,14?,15-,21-,22+,28+/m0/s1. The van der Waals surface area contributed by atoms with Crippen LogP contribution in [0, 0.1) is 0 Å². The molecular weight excluding hydrogens is 526 g/mol.